The highest BCUT2D eigenvalue weighted by Crippen LogP contribution is 2.28. The molecule has 2 aromatic rings. The molecule has 1 aromatic carbocycles. The van der Waals surface area contributed by atoms with Crippen molar-refractivity contribution >= 4 is 29.1 Å². The number of carbonyl (C=O) groups excluding carboxylic acids is 3. The largest absolute Gasteiger partial charge is 0.387 e. The molecule has 1 fully saturated rings. The van der Waals surface area contributed by atoms with E-state index in [2.05, 4.69) is 15.6 Å². The highest BCUT2D eigenvalue weighted by atomic mass is 32.1. The average Bonchev–Trinajstić information content (AvgIpc) is 3.44. The highest BCUT2D eigenvalue weighted by molar-refractivity contribution is 7.13. The maximum absolute atomic E-state index is 13.3. The quantitative estimate of drug-likeness (QED) is 0.572. The molecule has 0 radical (unpaired) electrons. The van der Waals surface area contributed by atoms with Crippen molar-refractivity contribution < 1.29 is 19.5 Å². The minimum atomic E-state index is -0.826. The van der Waals surface area contributed by atoms with E-state index in [1.54, 1.807) is 16.2 Å². The van der Waals surface area contributed by atoms with Gasteiger partial charge >= 0.3 is 0 Å². The summed E-state index contributed by atoms with van der Waals surface area (Å²) in [5.41, 5.74) is 4.32. The molecule has 1 aromatic heterocycles. The SMILES string of the molecule is Cc1ncsc1-c1ccc(CNC(=O)[C@@H]2CCCN2C(=O)C(NC(=O)CO)C(C)(C)C)cc1. The Hall–Kier alpha value is -2.78. The molecule has 1 unspecified atom stereocenters. The predicted molar refractivity (Wildman–Crippen MR) is 127 cm³/mol. The van der Waals surface area contributed by atoms with Crippen molar-refractivity contribution in [1.82, 2.24) is 20.5 Å². The van der Waals surface area contributed by atoms with Crippen molar-refractivity contribution in [2.75, 3.05) is 13.2 Å². The summed E-state index contributed by atoms with van der Waals surface area (Å²) in [4.78, 5) is 44.9. The van der Waals surface area contributed by atoms with Crippen LogP contribution in [0.25, 0.3) is 10.4 Å². The van der Waals surface area contributed by atoms with E-state index in [0.29, 0.717) is 19.5 Å². The van der Waals surface area contributed by atoms with E-state index < -0.39 is 30.0 Å². The summed E-state index contributed by atoms with van der Waals surface area (Å²) >= 11 is 1.60. The summed E-state index contributed by atoms with van der Waals surface area (Å²) in [6.45, 7) is 7.64. The number of rotatable bonds is 7. The van der Waals surface area contributed by atoms with Crippen molar-refractivity contribution in [3.05, 3.63) is 41.0 Å². The third kappa shape index (κ3) is 5.97. The van der Waals surface area contributed by atoms with E-state index >= 15 is 0 Å². The lowest BCUT2D eigenvalue weighted by Crippen LogP contribution is -2.58. The van der Waals surface area contributed by atoms with Crippen LogP contribution < -0.4 is 10.6 Å². The van der Waals surface area contributed by atoms with Crippen molar-refractivity contribution in [2.45, 2.75) is 59.2 Å². The fraction of sp³-hybridized carbons (Fsp3) is 0.500. The van der Waals surface area contributed by atoms with Crippen LogP contribution in [-0.4, -0.2) is 57.9 Å². The molecule has 1 aliphatic heterocycles. The molecule has 0 saturated carbocycles. The normalized spacial score (nSPS) is 17.0. The fourth-order valence-electron chi connectivity index (χ4n) is 3.98. The summed E-state index contributed by atoms with van der Waals surface area (Å²) in [6, 6.07) is 6.59. The van der Waals surface area contributed by atoms with E-state index in [1.165, 1.54) is 0 Å². The van der Waals surface area contributed by atoms with E-state index in [4.69, 9.17) is 5.11 Å². The summed E-state index contributed by atoms with van der Waals surface area (Å²) < 4.78 is 0. The molecule has 9 heteroatoms. The van der Waals surface area contributed by atoms with Gasteiger partial charge in [-0.1, -0.05) is 45.0 Å². The Morgan fingerprint density at radius 3 is 2.52 bits per heavy atom. The number of likely N-dealkylation sites (tertiary alicyclic amines) is 1. The van der Waals surface area contributed by atoms with Crippen LogP contribution in [0.15, 0.2) is 29.8 Å². The highest BCUT2D eigenvalue weighted by Gasteiger charge is 2.41. The number of hydrogen-bond donors (Lipinski definition) is 3. The summed E-state index contributed by atoms with van der Waals surface area (Å²) in [5, 5.41) is 14.7. The molecule has 0 aliphatic carbocycles. The van der Waals surface area contributed by atoms with Crippen molar-refractivity contribution in [2.24, 2.45) is 5.41 Å². The average molecular weight is 473 g/mol. The van der Waals surface area contributed by atoms with Crippen LogP contribution in [0, 0.1) is 12.3 Å². The standard InChI is InChI=1S/C24H32N4O4S/c1-15-20(33-14-26-15)17-9-7-16(8-10-17)12-25-22(31)18-6-5-11-28(18)23(32)21(24(2,3)4)27-19(30)13-29/h7-10,14,18,21,29H,5-6,11-13H2,1-4H3,(H,25,31)(H,27,30)/t18-,21?/m0/s1. The van der Waals surface area contributed by atoms with Gasteiger partial charge in [0, 0.05) is 13.1 Å². The van der Waals surface area contributed by atoms with Gasteiger partial charge in [-0.25, -0.2) is 4.98 Å². The number of thiazole rings is 1. The zero-order valence-corrected chi connectivity index (χ0v) is 20.4. The molecule has 2 heterocycles. The first-order valence-electron chi connectivity index (χ1n) is 11.1. The maximum atomic E-state index is 13.3. The van der Waals surface area contributed by atoms with E-state index in [0.717, 1.165) is 28.1 Å². The first kappa shape index (κ1) is 24.9. The Bertz CT molecular complexity index is 997. The van der Waals surface area contributed by atoms with Gasteiger partial charge in [0.2, 0.25) is 17.7 Å². The number of nitrogens with zero attached hydrogens (tertiary/aromatic N) is 2. The van der Waals surface area contributed by atoms with Crippen LogP contribution in [0.4, 0.5) is 0 Å². The number of aliphatic hydroxyl groups is 1. The van der Waals surface area contributed by atoms with Gasteiger partial charge in [0.1, 0.15) is 18.7 Å². The number of amides is 3. The number of benzene rings is 1. The van der Waals surface area contributed by atoms with Crippen LogP contribution in [0.1, 0.15) is 44.9 Å². The molecular formula is C24H32N4O4S. The molecular weight excluding hydrogens is 440 g/mol. The second-order valence-electron chi connectivity index (χ2n) is 9.40. The number of aromatic nitrogens is 1. The summed E-state index contributed by atoms with van der Waals surface area (Å²) in [7, 11) is 0. The number of hydrogen-bond acceptors (Lipinski definition) is 6. The number of aryl methyl sites for hydroxylation is 1. The van der Waals surface area contributed by atoms with Crippen LogP contribution in [0.3, 0.4) is 0 Å². The number of aliphatic hydroxyl groups excluding tert-OH is 1. The molecule has 1 aliphatic rings. The van der Waals surface area contributed by atoms with Gasteiger partial charge in [-0.3, -0.25) is 14.4 Å². The summed E-state index contributed by atoms with van der Waals surface area (Å²) in [6.07, 6.45) is 1.30. The van der Waals surface area contributed by atoms with Crippen molar-refractivity contribution in [1.29, 1.82) is 0 Å². The third-order valence-electron chi connectivity index (χ3n) is 5.83. The van der Waals surface area contributed by atoms with Gasteiger partial charge in [-0.15, -0.1) is 11.3 Å². The Labute approximate surface area is 198 Å². The molecule has 1 saturated heterocycles. The number of nitrogens with one attached hydrogen (secondary N) is 2. The van der Waals surface area contributed by atoms with Gasteiger partial charge in [0.05, 0.1) is 16.1 Å². The zero-order chi connectivity index (χ0) is 24.2. The Morgan fingerprint density at radius 2 is 1.94 bits per heavy atom. The second kappa shape index (κ2) is 10.4. The molecule has 0 bridgehead atoms. The Kier molecular flexibility index (Phi) is 7.86. The monoisotopic (exact) mass is 472 g/mol. The molecule has 2 atom stereocenters. The van der Waals surface area contributed by atoms with E-state index in [1.807, 2.05) is 57.5 Å². The molecule has 8 nitrogen and oxygen atoms in total. The lowest BCUT2D eigenvalue weighted by Gasteiger charge is -2.35. The molecule has 0 spiro atoms. The molecule has 3 rings (SSSR count). The van der Waals surface area contributed by atoms with Crippen LogP contribution >= 0.6 is 11.3 Å². The zero-order valence-electron chi connectivity index (χ0n) is 19.6. The van der Waals surface area contributed by atoms with E-state index in [-0.39, 0.29) is 11.8 Å². The first-order chi connectivity index (χ1) is 15.6. The smallest absolute Gasteiger partial charge is 0.246 e. The molecule has 178 valence electrons. The molecule has 3 N–H and O–H groups in total. The van der Waals surface area contributed by atoms with Gasteiger partial charge in [0.25, 0.3) is 0 Å². The molecule has 33 heavy (non-hydrogen) atoms. The van der Waals surface area contributed by atoms with E-state index in [9.17, 15) is 14.4 Å². The minimum Gasteiger partial charge on any atom is -0.387 e. The topological polar surface area (TPSA) is 112 Å². The number of carbonyl (C=O) groups is 3. The van der Waals surface area contributed by atoms with Crippen LogP contribution in [0.5, 0.6) is 0 Å². The van der Waals surface area contributed by atoms with Gasteiger partial charge in [-0.2, -0.15) is 0 Å². The maximum Gasteiger partial charge on any atom is 0.246 e. The lowest BCUT2D eigenvalue weighted by molar-refractivity contribution is -0.144. The predicted octanol–water partition coefficient (Wildman–Crippen LogP) is 2.25. The third-order valence-corrected chi connectivity index (χ3v) is 6.81. The lowest BCUT2D eigenvalue weighted by atomic mass is 9.85. The first-order valence-corrected chi connectivity index (χ1v) is 12.0. The second-order valence-corrected chi connectivity index (χ2v) is 10.3. The molecule has 3 amide bonds. The van der Waals surface area contributed by atoms with Gasteiger partial charge in [-0.05, 0) is 36.3 Å². The van der Waals surface area contributed by atoms with Crippen molar-refractivity contribution in [3.63, 3.8) is 0 Å². The van der Waals surface area contributed by atoms with Gasteiger partial charge < -0.3 is 20.6 Å². The summed E-state index contributed by atoms with van der Waals surface area (Å²) in [5.74, 6) is -1.11. The van der Waals surface area contributed by atoms with Crippen molar-refractivity contribution in [3.8, 4) is 10.4 Å². The van der Waals surface area contributed by atoms with Crippen LogP contribution in [0.2, 0.25) is 0 Å². The minimum absolute atomic E-state index is 0.204. The van der Waals surface area contributed by atoms with Gasteiger partial charge in [0.15, 0.2) is 0 Å². The Balaban J connectivity index is 1.63. The Morgan fingerprint density at radius 1 is 1.24 bits per heavy atom. The fourth-order valence-corrected chi connectivity index (χ4v) is 4.80. The van der Waals surface area contributed by atoms with Crippen LogP contribution in [-0.2, 0) is 20.9 Å².